The van der Waals surface area contributed by atoms with Crippen molar-refractivity contribution in [1.82, 2.24) is 0 Å². The molecule has 0 amide bonds. The Bertz CT molecular complexity index is 372. The van der Waals surface area contributed by atoms with Crippen LogP contribution in [-0.4, -0.2) is 37.2 Å². The molecule has 4 nitrogen and oxygen atoms in total. The summed E-state index contributed by atoms with van der Waals surface area (Å²) in [4.78, 5) is 11.7. The SMILES string of the molecule is CCOC(=O)c1ccoc1C[N+](C)(CC)CC.[Cl-]. The Labute approximate surface area is 115 Å². The number of hydrogen-bond acceptors (Lipinski definition) is 3. The van der Waals surface area contributed by atoms with Crippen molar-refractivity contribution < 1.29 is 30.8 Å². The maximum absolute atomic E-state index is 11.7. The fraction of sp³-hybridized carbons (Fsp3) is 0.615. The number of ether oxygens (including phenoxy) is 1. The molecule has 1 rings (SSSR count). The van der Waals surface area contributed by atoms with Crippen LogP contribution in [0.2, 0.25) is 0 Å². The van der Waals surface area contributed by atoms with Gasteiger partial charge in [0.15, 0.2) is 5.76 Å². The van der Waals surface area contributed by atoms with Crippen molar-refractivity contribution in [1.29, 1.82) is 0 Å². The van der Waals surface area contributed by atoms with Crippen LogP contribution in [0.5, 0.6) is 0 Å². The Morgan fingerprint density at radius 1 is 1.33 bits per heavy atom. The number of nitrogens with zero attached hydrogens (tertiary/aromatic N) is 1. The molecule has 0 radical (unpaired) electrons. The molecule has 1 aromatic heterocycles. The lowest BCUT2D eigenvalue weighted by Gasteiger charge is -2.31. The lowest BCUT2D eigenvalue weighted by molar-refractivity contribution is -0.920. The number of carbonyl (C=O) groups is 1. The van der Waals surface area contributed by atoms with Gasteiger partial charge < -0.3 is 26.0 Å². The number of halogens is 1. The van der Waals surface area contributed by atoms with E-state index in [2.05, 4.69) is 20.9 Å². The molecule has 5 heteroatoms. The molecular formula is C13H22ClNO3. The van der Waals surface area contributed by atoms with E-state index in [1.165, 1.54) is 0 Å². The number of furan rings is 1. The number of carbonyl (C=O) groups excluding carboxylic acids is 1. The van der Waals surface area contributed by atoms with E-state index in [0.29, 0.717) is 18.7 Å². The van der Waals surface area contributed by atoms with Crippen LogP contribution in [0.15, 0.2) is 16.7 Å². The topological polar surface area (TPSA) is 39.4 Å². The minimum absolute atomic E-state index is 0. The van der Waals surface area contributed by atoms with Gasteiger partial charge in [-0.2, -0.15) is 0 Å². The third kappa shape index (κ3) is 4.03. The summed E-state index contributed by atoms with van der Waals surface area (Å²) in [5.74, 6) is 0.421. The van der Waals surface area contributed by atoms with E-state index in [4.69, 9.17) is 9.15 Å². The van der Waals surface area contributed by atoms with Crippen molar-refractivity contribution in [3.63, 3.8) is 0 Å². The Hall–Kier alpha value is -1.00. The van der Waals surface area contributed by atoms with Crippen LogP contribution in [0, 0.1) is 0 Å². The normalized spacial score (nSPS) is 10.9. The number of esters is 1. The Morgan fingerprint density at radius 2 is 1.94 bits per heavy atom. The van der Waals surface area contributed by atoms with Crippen LogP contribution in [0.25, 0.3) is 0 Å². The monoisotopic (exact) mass is 275 g/mol. The summed E-state index contributed by atoms with van der Waals surface area (Å²) in [5, 5.41) is 0. The van der Waals surface area contributed by atoms with Gasteiger partial charge in [-0.3, -0.25) is 0 Å². The zero-order valence-electron chi connectivity index (χ0n) is 11.5. The summed E-state index contributed by atoms with van der Waals surface area (Å²) in [6.07, 6.45) is 1.55. The Kier molecular flexibility index (Phi) is 7.02. The zero-order valence-corrected chi connectivity index (χ0v) is 12.3. The van der Waals surface area contributed by atoms with Crippen LogP contribution < -0.4 is 12.4 Å². The molecule has 0 saturated carbocycles. The molecule has 0 saturated heterocycles. The van der Waals surface area contributed by atoms with Gasteiger partial charge in [0.05, 0.1) is 33.0 Å². The third-order valence-electron chi connectivity index (χ3n) is 3.29. The lowest BCUT2D eigenvalue weighted by atomic mass is 10.2. The van der Waals surface area contributed by atoms with Crippen LogP contribution >= 0.6 is 0 Å². The second kappa shape index (κ2) is 7.44. The van der Waals surface area contributed by atoms with E-state index in [1.807, 2.05) is 0 Å². The van der Waals surface area contributed by atoms with Gasteiger partial charge in [-0.15, -0.1) is 0 Å². The van der Waals surface area contributed by atoms with Crippen molar-refractivity contribution in [2.75, 3.05) is 26.7 Å². The maximum Gasteiger partial charge on any atom is 0.341 e. The molecular weight excluding hydrogens is 254 g/mol. The highest BCUT2D eigenvalue weighted by Crippen LogP contribution is 2.18. The summed E-state index contributed by atoms with van der Waals surface area (Å²) < 4.78 is 11.3. The van der Waals surface area contributed by atoms with E-state index < -0.39 is 0 Å². The number of quaternary nitrogens is 1. The Morgan fingerprint density at radius 3 is 2.44 bits per heavy atom. The molecule has 0 aliphatic carbocycles. The first-order valence-corrected chi connectivity index (χ1v) is 6.13. The van der Waals surface area contributed by atoms with Crippen molar-refractivity contribution in [3.8, 4) is 0 Å². The minimum atomic E-state index is -0.296. The maximum atomic E-state index is 11.7. The molecule has 0 aliphatic rings. The van der Waals surface area contributed by atoms with E-state index >= 15 is 0 Å². The first kappa shape index (κ1) is 17.0. The molecule has 0 unspecified atom stereocenters. The molecule has 0 spiro atoms. The lowest BCUT2D eigenvalue weighted by Crippen LogP contribution is -3.00. The summed E-state index contributed by atoms with van der Waals surface area (Å²) in [5.41, 5.74) is 0.554. The van der Waals surface area contributed by atoms with Gasteiger partial charge in [-0.25, -0.2) is 4.79 Å². The highest BCUT2D eigenvalue weighted by atomic mass is 35.5. The third-order valence-corrected chi connectivity index (χ3v) is 3.29. The molecule has 0 N–H and O–H groups in total. The molecule has 104 valence electrons. The van der Waals surface area contributed by atoms with Crippen LogP contribution in [0.4, 0.5) is 0 Å². The molecule has 0 bridgehead atoms. The van der Waals surface area contributed by atoms with Gasteiger partial charge in [0.25, 0.3) is 0 Å². The molecule has 0 aliphatic heterocycles. The zero-order chi connectivity index (χ0) is 12.9. The predicted octanol–water partition coefficient (Wildman–Crippen LogP) is -0.553. The average Bonchev–Trinajstić information content (AvgIpc) is 2.77. The van der Waals surface area contributed by atoms with Crippen molar-refractivity contribution in [2.24, 2.45) is 0 Å². The molecule has 0 aromatic carbocycles. The highest BCUT2D eigenvalue weighted by Gasteiger charge is 2.24. The van der Waals surface area contributed by atoms with Crippen LogP contribution in [-0.2, 0) is 11.3 Å². The molecule has 1 heterocycles. The summed E-state index contributed by atoms with van der Waals surface area (Å²) in [6.45, 7) is 9.17. The summed E-state index contributed by atoms with van der Waals surface area (Å²) in [6, 6.07) is 1.68. The van der Waals surface area contributed by atoms with Gasteiger partial charge in [0.2, 0.25) is 0 Å². The minimum Gasteiger partial charge on any atom is -1.00 e. The van der Waals surface area contributed by atoms with E-state index in [-0.39, 0.29) is 18.4 Å². The second-order valence-corrected chi connectivity index (χ2v) is 4.39. The second-order valence-electron chi connectivity index (χ2n) is 4.39. The van der Waals surface area contributed by atoms with Gasteiger partial charge in [-0.05, 0) is 26.8 Å². The number of hydrogen-bond donors (Lipinski definition) is 0. The summed E-state index contributed by atoms with van der Waals surface area (Å²) in [7, 11) is 2.15. The summed E-state index contributed by atoms with van der Waals surface area (Å²) >= 11 is 0. The average molecular weight is 276 g/mol. The molecule has 1 aromatic rings. The molecule has 0 fully saturated rings. The van der Waals surface area contributed by atoms with E-state index in [9.17, 15) is 4.79 Å². The van der Waals surface area contributed by atoms with Gasteiger partial charge >= 0.3 is 5.97 Å². The van der Waals surface area contributed by atoms with Gasteiger partial charge in [-0.1, -0.05) is 0 Å². The van der Waals surface area contributed by atoms with Gasteiger partial charge in [0, 0.05) is 0 Å². The molecule has 18 heavy (non-hydrogen) atoms. The van der Waals surface area contributed by atoms with Crippen molar-refractivity contribution in [3.05, 3.63) is 23.7 Å². The smallest absolute Gasteiger partial charge is 0.341 e. The predicted molar refractivity (Wildman–Crippen MR) is 65.6 cm³/mol. The highest BCUT2D eigenvalue weighted by molar-refractivity contribution is 5.90. The van der Waals surface area contributed by atoms with E-state index in [1.54, 1.807) is 19.3 Å². The first-order valence-electron chi connectivity index (χ1n) is 6.13. The van der Waals surface area contributed by atoms with E-state index in [0.717, 1.165) is 23.3 Å². The largest absolute Gasteiger partial charge is 1.00 e. The fourth-order valence-corrected chi connectivity index (χ4v) is 1.65. The first-order chi connectivity index (χ1) is 8.06. The van der Waals surface area contributed by atoms with Crippen molar-refractivity contribution >= 4 is 5.97 Å². The fourth-order valence-electron chi connectivity index (χ4n) is 1.65. The van der Waals surface area contributed by atoms with Crippen LogP contribution in [0.1, 0.15) is 36.9 Å². The quantitative estimate of drug-likeness (QED) is 0.517. The molecule has 0 atom stereocenters. The number of rotatable bonds is 6. The standard InChI is InChI=1S/C13H22NO3.ClH/c1-5-14(4,6-2)10-12-11(8-9-17-12)13(15)16-7-3;/h8-9H,5-7,10H2,1-4H3;1H/q+1;/p-1. The Balaban J connectivity index is 0.00000289. The van der Waals surface area contributed by atoms with Crippen molar-refractivity contribution in [2.45, 2.75) is 27.3 Å². The van der Waals surface area contributed by atoms with Crippen LogP contribution in [0.3, 0.4) is 0 Å². The van der Waals surface area contributed by atoms with Gasteiger partial charge in [0.1, 0.15) is 12.1 Å².